The van der Waals surface area contributed by atoms with E-state index in [1.807, 2.05) is 0 Å². The van der Waals surface area contributed by atoms with Crippen molar-refractivity contribution in [2.45, 2.75) is 154 Å². The van der Waals surface area contributed by atoms with Crippen molar-refractivity contribution < 1.29 is 51.9 Å². The fourth-order valence-electron chi connectivity index (χ4n) is 7.05. The minimum atomic E-state index is -4.25. The number of fused-ring (bicyclic) bond motifs is 2. The van der Waals surface area contributed by atoms with Gasteiger partial charge in [0.15, 0.2) is 41.4 Å². The quantitative estimate of drug-likeness (QED) is 0.0660. The van der Waals surface area contributed by atoms with Gasteiger partial charge < -0.3 is 42.6 Å². The van der Waals surface area contributed by atoms with Gasteiger partial charge >= 0.3 is 13.7 Å². The van der Waals surface area contributed by atoms with Crippen LogP contribution in [0.3, 0.4) is 0 Å². The molecule has 3 aromatic rings. The van der Waals surface area contributed by atoms with E-state index in [-0.39, 0.29) is 61.6 Å². The van der Waals surface area contributed by atoms with Gasteiger partial charge in [-0.25, -0.2) is 9.48 Å². The normalized spacial score (nSPS) is 23.3. The van der Waals surface area contributed by atoms with Crippen molar-refractivity contribution in [1.29, 1.82) is 0 Å². The van der Waals surface area contributed by atoms with E-state index in [9.17, 15) is 14.5 Å². The standard InChI is InChI=1S/C36H59ClN9O11PSi/c1-11-52-58(49,53-12-2)36(21-47,18-26-41-43-44(42-26)22-50-16-17-59(8,9)10)51-20-25-27-28(56-35(6,7)55-27)31(54-25)46-30-24(19-38-46)29(39-32(37)40-30)45(23-14-13-15-23)33(48)57-34(3,4)5/h19,23,25,27-28,31,47H,11-18,20-22H2,1-10H3/t25-,27-,28-,31-,36+/m1/s1. The molecule has 1 saturated carbocycles. The molecule has 1 N–H and O–H groups in total. The van der Waals surface area contributed by atoms with Gasteiger partial charge in [-0.2, -0.15) is 15.1 Å². The lowest BCUT2D eigenvalue weighted by Crippen LogP contribution is -2.47. The summed E-state index contributed by atoms with van der Waals surface area (Å²) in [6.45, 7) is 18.6. The number of halogens is 1. The zero-order valence-electron chi connectivity index (χ0n) is 35.6. The van der Waals surface area contributed by atoms with Crippen molar-refractivity contribution in [2.75, 3.05) is 37.9 Å². The predicted molar refractivity (Wildman–Crippen MR) is 217 cm³/mol. The number of ether oxygens (including phenoxy) is 6. The lowest BCUT2D eigenvalue weighted by molar-refractivity contribution is -0.207. The van der Waals surface area contributed by atoms with Gasteiger partial charge in [-0.1, -0.05) is 19.6 Å². The first kappa shape index (κ1) is 45.8. The zero-order chi connectivity index (χ0) is 43.0. The third-order valence-corrected chi connectivity index (χ3v) is 14.5. The summed E-state index contributed by atoms with van der Waals surface area (Å²) in [6.07, 6.45) is -0.103. The molecule has 1 aliphatic carbocycles. The summed E-state index contributed by atoms with van der Waals surface area (Å²) < 4.78 is 65.1. The molecule has 5 atom stereocenters. The monoisotopic (exact) mass is 887 g/mol. The number of hydrogen-bond acceptors (Lipinski definition) is 17. The summed E-state index contributed by atoms with van der Waals surface area (Å²) in [5.74, 6) is -0.661. The molecular weight excluding hydrogens is 829 g/mol. The van der Waals surface area contributed by atoms with Crippen molar-refractivity contribution in [3.05, 3.63) is 17.3 Å². The second-order valence-electron chi connectivity index (χ2n) is 17.6. The maximum absolute atomic E-state index is 14.6. The van der Waals surface area contributed by atoms with Gasteiger partial charge in [-0.3, -0.25) is 9.46 Å². The molecule has 6 rings (SSSR count). The molecule has 20 nitrogen and oxygen atoms in total. The Kier molecular flexibility index (Phi) is 13.9. The first-order chi connectivity index (χ1) is 27.7. The number of aromatic nitrogens is 8. The largest absolute Gasteiger partial charge is 0.443 e. The number of rotatable bonds is 19. The number of amides is 1. The van der Waals surface area contributed by atoms with E-state index in [0.29, 0.717) is 12.0 Å². The fraction of sp³-hybridized carbons (Fsp3) is 0.806. The minimum absolute atomic E-state index is 0.00381. The summed E-state index contributed by atoms with van der Waals surface area (Å²) in [5, 5.41) is 26.8. The molecule has 330 valence electrons. The van der Waals surface area contributed by atoms with Crippen LogP contribution in [0.15, 0.2) is 6.20 Å². The number of carbonyl (C=O) groups excluding carboxylic acids is 1. The van der Waals surface area contributed by atoms with Crippen molar-refractivity contribution in [3.63, 3.8) is 0 Å². The Morgan fingerprint density at radius 2 is 1.81 bits per heavy atom. The van der Waals surface area contributed by atoms with E-state index in [4.69, 9.17) is 49.1 Å². The van der Waals surface area contributed by atoms with Gasteiger partial charge in [-0.05, 0) is 90.6 Å². The molecule has 0 radical (unpaired) electrons. The molecule has 2 aliphatic heterocycles. The Morgan fingerprint density at radius 3 is 2.42 bits per heavy atom. The first-order valence-electron chi connectivity index (χ1n) is 20.1. The minimum Gasteiger partial charge on any atom is -0.443 e. The molecule has 1 amide bonds. The number of anilines is 1. The summed E-state index contributed by atoms with van der Waals surface area (Å²) in [5.41, 5.74) is -0.467. The highest BCUT2D eigenvalue weighted by Crippen LogP contribution is 2.62. The summed E-state index contributed by atoms with van der Waals surface area (Å²) in [6, 6.07) is 0.818. The van der Waals surface area contributed by atoms with Crippen LogP contribution in [0.1, 0.15) is 79.8 Å². The molecule has 0 aromatic carbocycles. The Labute approximate surface area is 350 Å². The number of nitrogens with zero attached hydrogens (tertiary/aromatic N) is 9. The summed E-state index contributed by atoms with van der Waals surface area (Å²) >= 11 is 6.56. The van der Waals surface area contributed by atoms with Gasteiger partial charge in [0.2, 0.25) is 5.28 Å². The summed E-state index contributed by atoms with van der Waals surface area (Å²) in [7, 11) is -5.56. The average molecular weight is 888 g/mol. The highest BCUT2D eigenvalue weighted by atomic mass is 35.5. The van der Waals surface area contributed by atoms with Crippen LogP contribution in [-0.2, 0) is 55.2 Å². The molecule has 0 spiro atoms. The number of hydrogen-bond donors (Lipinski definition) is 1. The lowest BCUT2D eigenvalue weighted by Gasteiger charge is -2.37. The molecule has 3 fully saturated rings. The van der Waals surface area contributed by atoms with Crippen LogP contribution in [0.2, 0.25) is 31.0 Å². The van der Waals surface area contributed by atoms with Crippen LogP contribution < -0.4 is 4.90 Å². The van der Waals surface area contributed by atoms with E-state index in [0.717, 1.165) is 25.3 Å². The van der Waals surface area contributed by atoms with Gasteiger partial charge in [0, 0.05) is 20.7 Å². The Morgan fingerprint density at radius 1 is 1.12 bits per heavy atom. The third kappa shape index (κ3) is 10.3. The predicted octanol–water partition coefficient (Wildman–Crippen LogP) is 5.70. The van der Waals surface area contributed by atoms with Crippen LogP contribution in [0, 0.1) is 0 Å². The maximum atomic E-state index is 14.6. The first-order valence-corrected chi connectivity index (χ1v) is 25.8. The molecule has 23 heteroatoms. The zero-order valence-corrected chi connectivity index (χ0v) is 38.3. The second kappa shape index (κ2) is 18.0. The molecule has 0 unspecified atom stereocenters. The van der Waals surface area contributed by atoms with Crippen LogP contribution in [0.5, 0.6) is 0 Å². The number of tetrazole rings is 1. The van der Waals surface area contributed by atoms with Crippen molar-refractivity contribution >= 4 is 50.2 Å². The number of aliphatic hydroxyl groups is 1. The number of carbonyl (C=O) groups is 1. The molecule has 5 heterocycles. The Balaban J connectivity index is 1.29. The van der Waals surface area contributed by atoms with E-state index in [1.54, 1.807) is 54.7 Å². The van der Waals surface area contributed by atoms with Gasteiger partial charge in [0.1, 0.15) is 23.9 Å². The Hall–Kier alpha value is -2.69. The van der Waals surface area contributed by atoms with Crippen molar-refractivity contribution in [3.8, 4) is 0 Å². The maximum Gasteiger partial charge on any atom is 0.416 e. The van der Waals surface area contributed by atoms with Crippen LogP contribution in [0.4, 0.5) is 10.6 Å². The van der Waals surface area contributed by atoms with E-state index in [1.165, 1.54) is 14.4 Å². The second-order valence-corrected chi connectivity index (χ2v) is 25.8. The van der Waals surface area contributed by atoms with Gasteiger partial charge in [0.25, 0.3) is 0 Å². The molecule has 3 aromatic heterocycles. The average Bonchev–Trinajstić information content (AvgIpc) is 3.88. The molecular formula is C36H59ClN9O11PSi. The van der Waals surface area contributed by atoms with Crippen molar-refractivity contribution in [2.24, 2.45) is 0 Å². The van der Waals surface area contributed by atoms with E-state index >= 15 is 0 Å². The lowest BCUT2D eigenvalue weighted by atomic mass is 9.91. The topological polar surface area (TPSA) is 219 Å². The fourth-order valence-corrected chi connectivity index (χ4v) is 9.93. The molecule has 59 heavy (non-hydrogen) atoms. The van der Waals surface area contributed by atoms with Crippen LogP contribution in [-0.4, -0.2) is 133 Å². The molecule has 3 aliphatic rings. The smallest absolute Gasteiger partial charge is 0.416 e. The highest BCUT2D eigenvalue weighted by Gasteiger charge is 2.59. The van der Waals surface area contributed by atoms with E-state index < -0.39 is 69.6 Å². The van der Waals surface area contributed by atoms with E-state index in [2.05, 4.69) is 50.1 Å². The molecule has 2 saturated heterocycles. The van der Waals surface area contributed by atoms with Crippen LogP contribution in [0.25, 0.3) is 11.0 Å². The number of aliphatic hydroxyl groups excluding tert-OH is 1. The van der Waals surface area contributed by atoms with Gasteiger partial charge in [-0.15, -0.1) is 15.0 Å². The third-order valence-electron chi connectivity index (χ3n) is 10.0. The summed E-state index contributed by atoms with van der Waals surface area (Å²) in [4.78, 5) is 25.5. The van der Waals surface area contributed by atoms with Gasteiger partial charge in [0.05, 0.1) is 44.4 Å². The molecule has 0 bridgehead atoms. The highest BCUT2D eigenvalue weighted by molar-refractivity contribution is 7.55. The van der Waals surface area contributed by atoms with Crippen molar-refractivity contribution in [1.82, 2.24) is 40.0 Å². The Bertz CT molecular complexity index is 1960. The van der Waals surface area contributed by atoms with Crippen LogP contribution >= 0.6 is 19.2 Å². The SMILES string of the molecule is CCOP(=O)(OCC)[C@](CO)(Cc1nnn(COCC[Si](C)(C)C)n1)OC[C@H]1O[C@@H](n2ncc3c(N(C(=O)OC(C)(C)C)C4CCC4)nc(Cl)nc32)[C@@H]2OC(C)(C)O[C@@H]21.